The fourth-order valence-electron chi connectivity index (χ4n) is 3.26. The van der Waals surface area contributed by atoms with Gasteiger partial charge in [0.25, 0.3) is 0 Å². The molecule has 0 spiro atoms. The molecule has 1 N–H and O–H groups in total. The molecule has 0 unspecified atom stereocenters. The fraction of sp³-hybridized carbons (Fsp3) is 0.263. The zero-order valence-corrected chi connectivity index (χ0v) is 13.1. The summed E-state index contributed by atoms with van der Waals surface area (Å²) in [6.07, 6.45) is 5.44. The lowest BCUT2D eigenvalue weighted by atomic mass is 10.0. The Morgan fingerprint density at radius 1 is 1.26 bits per heavy atom. The predicted octanol–water partition coefficient (Wildman–Crippen LogP) is 3.81. The Morgan fingerprint density at radius 2 is 2.09 bits per heavy atom. The van der Waals surface area contributed by atoms with Crippen LogP contribution in [0.2, 0.25) is 0 Å². The number of anilines is 1. The lowest BCUT2D eigenvalue weighted by Crippen LogP contribution is -2.15. The lowest BCUT2D eigenvalue weighted by Gasteiger charge is -2.05. The first-order valence-electron chi connectivity index (χ1n) is 7.94. The molecule has 1 aromatic carbocycles. The van der Waals surface area contributed by atoms with Gasteiger partial charge in [-0.2, -0.15) is 0 Å². The number of nitrogens with one attached hydrogen (secondary N) is 1. The molecule has 1 aliphatic carbocycles. The van der Waals surface area contributed by atoms with E-state index in [0.29, 0.717) is 12.2 Å². The normalized spacial score (nSPS) is 13.3. The smallest absolute Gasteiger partial charge is 0.230 e. The minimum absolute atomic E-state index is 0.0775. The number of furan rings is 1. The van der Waals surface area contributed by atoms with E-state index in [1.165, 1.54) is 17.5 Å². The molecule has 23 heavy (non-hydrogen) atoms. The Bertz CT molecular complexity index is 896. The molecule has 4 heteroatoms. The molecule has 116 valence electrons. The number of aromatic nitrogens is 1. The van der Waals surface area contributed by atoms with E-state index in [-0.39, 0.29) is 5.91 Å². The molecule has 0 fully saturated rings. The monoisotopic (exact) mass is 306 g/mol. The van der Waals surface area contributed by atoms with Crippen LogP contribution in [0.15, 0.2) is 41.0 Å². The van der Waals surface area contributed by atoms with Crippen molar-refractivity contribution < 1.29 is 9.21 Å². The van der Waals surface area contributed by atoms with Crippen molar-refractivity contribution in [3.8, 4) is 0 Å². The highest BCUT2D eigenvalue weighted by atomic mass is 16.3. The largest absolute Gasteiger partial charge is 0.464 e. The molecule has 3 aromatic rings. The maximum Gasteiger partial charge on any atom is 0.230 e. The second-order valence-electron chi connectivity index (χ2n) is 6.12. The van der Waals surface area contributed by atoms with Crippen LogP contribution in [0.4, 0.5) is 5.82 Å². The number of carbonyl (C=O) groups is 1. The van der Waals surface area contributed by atoms with E-state index in [9.17, 15) is 4.79 Å². The lowest BCUT2D eigenvalue weighted by molar-refractivity contribution is -0.115. The summed E-state index contributed by atoms with van der Waals surface area (Å²) in [6, 6.07) is 9.90. The van der Waals surface area contributed by atoms with Crippen LogP contribution in [-0.2, 0) is 24.1 Å². The first-order chi connectivity index (χ1) is 11.2. The van der Waals surface area contributed by atoms with Crippen molar-refractivity contribution in [3.63, 3.8) is 0 Å². The number of amides is 1. The third kappa shape index (κ3) is 2.72. The highest BCUT2D eigenvalue weighted by Gasteiger charge is 2.16. The Morgan fingerprint density at radius 3 is 2.91 bits per heavy atom. The number of nitrogens with zero attached hydrogens (tertiary/aromatic N) is 1. The minimum atomic E-state index is -0.0775. The van der Waals surface area contributed by atoms with E-state index in [1.54, 1.807) is 12.3 Å². The van der Waals surface area contributed by atoms with Crippen LogP contribution in [0.5, 0.6) is 0 Å². The molecule has 0 saturated heterocycles. The zero-order chi connectivity index (χ0) is 15.8. The molecule has 1 amide bonds. The Kier molecular flexibility index (Phi) is 3.37. The second-order valence-corrected chi connectivity index (χ2v) is 6.12. The number of pyridine rings is 1. The first kappa shape index (κ1) is 14.0. The molecule has 2 heterocycles. The predicted molar refractivity (Wildman–Crippen MR) is 89.5 cm³/mol. The summed E-state index contributed by atoms with van der Waals surface area (Å²) in [5.74, 6) is 0.509. The summed E-state index contributed by atoms with van der Waals surface area (Å²) in [5, 5.41) is 3.90. The number of aryl methyl sites for hydroxylation is 3. The van der Waals surface area contributed by atoms with Crippen molar-refractivity contribution in [2.24, 2.45) is 0 Å². The minimum Gasteiger partial charge on any atom is -0.464 e. The Balaban J connectivity index is 1.56. The van der Waals surface area contributed by atoms with E-state index in [1.807, 2.05) is 19.1 Å². The molecule has 0 bridgehead atoms. The number of carbonyl (C=O) groups excluding carboxylic acids is 1. The van der Waals surface area contributed by atoms with Crippen molar-refractivity contribution in [2.75, 3.05) is 5.32 Å². The van der Waals surface area contributed by atoms with Crippen LogP contribution in [0, 0.1) is 6.92 Å². The maximum absolute atomic E-state index is 12.3. The Hall–Kier alpha value is -2.62. The Labute approximate surface area is 134 Å². The van der Waals surface area contributed by atoms with Gasteiger partial charge in [0.05, 0.1) is 12.7 Å². The summed E-state index contributed by atoms with van der Waals surface area (Å²) in [6.45, 7) is 1.90. The summed E-state index contributed by atoms with van der Waals surface area (Å²) in [4.78, 5) is 16.6. The van der Waals surface area contributed by atoms with Crippen LogP contribution in [0.25, 0.3) is 11.0 Å². The quantitative estimate of drug-likeness (QED) is 0.800. The van der Waals surface area contributed by atoms with Gasteiger partial charge in [0.15, 0.2) is 0 Å². The van der Waals surface area contributed by atoms with Crippen molar-refractivity contribution >= 4 is 22.7 Å². The van der Waals surface area contributed by atoms with Gasteiger partial charge >= 0.3 is 0 Å². The van der Waals surface area contributed by atoms with E-state index >= 15 is 0 Å². The summed E-state index contributed by atoms with van der Waals surface area (Å²) >= 11 is 0. The van der Waals surface area contributed by atoms with Crippen LogP contribution >= 0.6 is 0 Å². The van der Waals surface area contributed by atoms with Crippen molar-refractivity contribution in [2.45, 2.75) is 32.6 Å². The summed E-state index contributed by atoms with van der Waals surface area (Å²) in [5.41, 5.74) is 5.46. The number of hydrogen-bond acceptors (Lipinski definition) is 3. The molecule has 2 aromatic heterocycles. The van der Waals surface area contributed by atoms with E-state index in [2.05, 4.69) is 22.4 Å². The molecule has 0 aliphatic heterocycles. The van der Waals surface area contributed by atoms with Gasteiger partial charge < -0.3 is 9.73 Å². The second kappa shape index (κ2) is 5.54. The highest BCUT2D eigenvalue weighted by Crippen LogP contribution is 2.30. The van der Waals surface area contributed by atoms with Gasteiger partial charge in [-0.05, 0) is 61.6 Å². The maximum atomic E-state index is 12.3. The molecular formula is C19H18N2O2. The molecular weight excluding hydrogens is 288 g/mol. The van der Waals surface area contributed by atoms with Crippen LogP contribution in [0.3, 0.4) is 0 Å². The SMILES string of the molecule is Cc1cccc(NC(=O)Cc2coc3cc4c(cc23)CCC4)n1. The average Bonchev–Trinajstić information content (AvgIpc) is 3.12. The molecule has 0 radical (unpaired) electrons. The number of fused-ring (bicyclic) bond motifs is 2. The zero-order valence-electron chi connectivity index (χ0n) is 13.1. The standard InChI is InChI=1S/C19H18N2O2/c1-12-4-2-7-18(20-12)21-19(22)10-15-11-23-17-9-14-6-3-5-13(14)8-16(15)17/h2,4,7-9,11H,3,5-6,10H2,1H3,(H,20,21,22). The summed E-state index contributed by atoms with van der Waals surface area (Å²) in [7, 11) is 0. The molecule has 0 saturated carbocycles. The van der Waals surface area contributed by atoms with E-state index in [0.717, 1.165) is 35.1 Å². The highest BCUT2D eigenvalue weighted by molar-refractivity contribution is 5.95. The first-order valence-corrected chi connectivity index (χ1v) is 7.94. The third-order valence-electron chi connectivity index (χ3n) is 4.37. The van der Waals surface area contributed by atoms with Crippen molar-refractivity contribution in [1.82, 2.24) is 4.98 Å². The van der Waals surface area contributed by atoms with Gasteiger partial charge in [-0.3, -0.25) is 4.79 Å². The molecule has 1 aliphatic rings. The molecule has 4 nitrogen and oxygen atoms in total. The van der Waals surface area contributed by atoms with Gasteiger partial charge in [0.1, 0.15) is 11.4 Å². The third-order valence-corrected chi connectivity index (χ3v) is 4.37. The van der Waals surface area contributed by atoms with Crippen LogP contribution in [0.1, 0.15) is 28.8 Å². The van der Waals surface area contributed by atoms with Gasteiger partial charge in [-0.15, -0.1) is 0 Å². The topological polar surface area (TPSA) is 55.1 Å². The van der Waals surface area contributed by atoms with Gasteiger partial charge in [-0.1, -0.05) is 6.07 Å². The van der Waals surface area contributed by atoms with Gasteiger partial charge in [-0.25, -0.2) is 4.98 Å². The van der Waals surface area contributed by atoms with E-state index in [4.69, 9.17) is 4.42 Å². The molecule has 0 atom stereocenters. The number of benzene rings is 1. The fourth-order valence-corrected chi connectivity index (χ4v) is 3.26. The van der Waals surface area contributed by atoms with Crippen LogP contribution < -0.4 is 5.32 Å². The van der Waals surface area contributed by atoms with Gasteiger partial charge in [0.2, 0.25) is 5.91 Å². The van der Waals surface area contributed by atoms with E-state index < -0.39 is 0 Å². The number of rotatable bonds is 3. The van der Waals surface area contributed by atoms with Crippen molar-refractivity contribution in [3.05, 3.63) is 59.0 Å². The van der Waals surface area contributed by atoms with Crippen molar-refractivity contribution in [1.29, 1.82) is 0 Å². The van der Waals surface area contributed by atoms with Gasteiger partial charge in [0, 0.05) is 16.6 Å². The molecule has 4 rings (SSSR count). The summed E-state index contributed by atoms with van der Waals surface area (Å²) < 4.78 is 5.65. The van der Waals surface area contributed by atoms with Crippen LogP contribution in [-0.4, -0.2) is 10.9 Å². The number of hydrogen-bond donors (Lipinski definition) is 1. The average molecular weight is 306 g/mol.